The highest BCUT2D eigenvalue weighted by Gasteiger charge is 2.21. The number of rotatable bonds is 5. The van der Waals surface area contributed by atoms with E-state index in [0.29, 0.717) is 10.6 Å². The molecule has 0 aliphatic heterocycles. The van der Waals surface area contributed by atoms with E-state index < -0.39 is 11.0 Å². The van der Waals surface area contributed by atoms with E-state index in [1.165, 1.54) is 0 Å². The molecule has 3 N–H and O–H groups in total. The molecule has 2 rings (SSSR count). The van der Waals surface area contributed by atoms with Crippen LogP contribution in [0, 0.1) is 6.92 Å². The molecule has 1 amide bonds. The summed E-state index contributed by atoms with van der Waals surface area (Å²) in [5.41, 5.74) is 2.31. The second-order valence-corrected chi connectivity index (χ2v) is 7.27. The Labute approximate surface area is 166 Å². The summed E-state index contributed by atoms with van der Waals surface area (Å²) in [6, 6.07) is 14.2. The molecule has 2 aromatic carbocycles. The molecular weight excluding hydrogens is 401 g/mol. The SMILES string of the molecule is Cc1ccc(C(=O)N[C@@H](NC(=S)Nc2ccc(Cl)cc2)C(Cl)Cl)cc1. The zero-order valence-electron chi connectivity index (χ0n) is 13.2. The van der Waals surface area contributed by atoms with Gasteiger partial charge in [0.25, 0.3) is 5.91 Å². The lowest BCUT2D eigenvalue weighted by atomic mass is 10.1. The van der Waals surface area contributed by atoms with E-state index in [1.807, 2.05) is 19.1 Å². The summed E-state index contributed by atoms with van der Waals surface area (Å²) in [7, 11) is 0. The van der Waals surface area contributed by atoms with Gasteiger partial charge in [-0.3, -0.25) is 4.79 Å². The summed E-state index contributed by atoms with van der Waals surface area (Å²) in [5.74, 6) is -0.307. The lowest BCUT2D eigenvalue weighted by Crippen LogP contribution is -2.52. The van der Waals surface area contributed by atoms with Crippen LogP contribution in [0.1, 0.15) is 15.9 Å². The van der Waals surface area contributed by atoms with Crippen molar-refractivity contribution in [3.63, 3.8) is 0 Å². The quantitative estimate of drug-likeness (QED) is 0.382. The van der Waals surface area contributed by atoms with Crippen molar-refractivity contribution in [3.8, 4) is 0 Å². The van der Waals surface area contributed by atoms with Crippen molar-refractivity contribution >= 4 is 63.7 Å². The summed E-state index contributed by atoms with van der Waals surface area (Å²) < 4.78 is 0. The lowest BCUT2D eigenvalue weighted by molar-refractivity contribution is 0.0936. The Morgan fingerprint density at radius 3 is 2.16 bits per heavy atom. The van der Waals surface area contributed by atoms with Gasteiger partial charge in [0.15, 0.2) is 5.11 Å². The molecule has 0 radical (unpaired) electrons. The van der Waals surface area contributed by atoms with Gasteiger partial charge in [0.1, 0.15) is 11.0 Å². The highest BCUT2D eigenvalue weighted by molar-refractivity contribution is 7.80. The van der Waals surface area contributed by atoms with E-state index in [2.05, 4.69) is 16.0 Å². The van der Waals surface area contributed by atoms with Crippen LogP contribution in [-0.4, -0.2) is 22.0 Å². The standard InChI is InChI=1S/C17H16Cl3N3OS/c1-10-2-4-11(5-3-10)16(24)22-15(14(19)20)23-17(25)21-13-8-6-12(18)7-9-13/h2-9,14-15H,1H3,(H,22,24)(H2,21,23,25)/t15-/m0/s1. The number of nitrogens with one attached hydrogen (secondary N) is 3. The van der Waals surface area contributed by atoms with Crippen LogP contribution in [0.25, 0.3) is 0 Å². The van der Waals surface area contributed by atoms with Gasteiger partial charge in [-0.1, -0.05) is 29.3 Å². The van der Waals surface area contributed by atoms with Crippen LogP contribution in [0.2, 0.25) is 5.02 Å². The Bertz CT molecular complexity index is 736. The van der Waals surface area contributed by atoms with Crippen LogP contribution >= 0.6 is 47.0 Å². The normalized spacial score (nSPS) is 11.7. The maximum absolute atomic E-state index is 12.3. The monoisotopic (exact) mass is 415 g/mol. The Balaban J connectivity index is 1.97. The first-order chi connectivity index (χ1) is 11.8. The van der Waals surface area contributed by atoms with Crippen molar-refractivity contribution < 1.29 is 4.79 Å². The highest BCUT2D eigenvalue weighted by Crippen LogP contribution is 2.14. The topological polar surface area (TPSA) is 53.2 Å². The average Bonchev–Trinajstić information content (AvgIpc) is 2.56. The van der Waals surface area contributed by atoms with Crippen molar-refractivity contribution in [1.29, 1.82) is 0 Å². The maximum Gasteiger partial charge on any atom is 0.252 e. The van der Waals surface area contributed by atoms with Crippen molar-refractivity contribution in [2.24, 2.45) is 0 Å². The predicted molar refractivity (Wildman–Crippen MR) is 109 cm³/mol. The van der Waals surface area contributed by atoms with Gasteiger partial charge in [-0.05, 0) is 55.5 Å². The van der Waals surface area contributed by atoms with E-state index in [-0.39, 0.29) is 11.0 Å². The minimum Gasteiger partial charge on any atom is -0.340 e. The van der Waals surface area contributed by atoms with Crippen LogP contribution in [0.15, 0.2) is 48.5 Å². The number of hydrogen-bond acceptors (Lipinski definition) is 2. The zero-order chi connectivity index (χ0) is 18.4. The maximum atomic E-state index is 12.3. The largest absolute Gasteiger partial charge is 0.340 e. The third-order valence-corrected chi connectivity index (χ3v) is 4.22. The van der Waals surface area contributed by atoms with Crippen molar-refractivity contribution in [3.05, 3.63) is 64.7 Å². The van der Waals surface area contributed by atoms with Crippen LogP contribution in [-0.2, 0) is 0 Å². The first-order valence-corrected chi connectivity index (χ1v) is 9.00. The summed E-state index contributed by atoms with van der Waals surface area (Å²) in [6.07, 6.45) is -0.760. The molecule has 8 heteroatoms. The van der Waals surface area contributed by atoms with Gasteiger partial charge >= 0.3 is 0 Å². The van der Waals surface area contributed by atoms with Crippen LogP contribution in [0.4, 0.5) is 5.69 Å². The molecule has 0 aliphatic rings. The second-order valence-electron chi connectivity index (χ2n) is 5.26. The number of aryl methyl sites for hydroxylation is 1. The van der Waals surface area contributed by atoms with Gasteiger partial charge in [0.05, 0.1) is 0 Å². The fraction of sp³-hybridized carbons (Fsp3) is 0.176. The van der Waals surface area contributed by atoms with Gasteiger partial charge in [0, 0.05) is 16.3 Å². The number of thiocarbonyl (C=S) groups is 1. The summed E-state index contributed by atoms with van der Waals surface area (Å²) in [6.45, 7) is 1.94. The molecule has 1 atom stereocenters. The number of amides is 1. The van der Waals surface area contributed by atoms with Crippen molar-refractivity contribution in [2.75, 3.05) is 5.32 Å². The third-order valence-electron chi connectivity index (χ3n) is 3.24. The van der Waals surface area contributed by atoms with Gasteiger partial charge in [-0.25, -0.2) is 0 Å². The summed E-state index contributed by atoms with van der Waals surface area (Å²) in [5, 5.41) is 9.45. The number of halogens is 3. The first kappa shape index (κ1) is 19.8. The fourth-order valence-corrected chi connectivity index (χ4v) is 2.56. The number of carbonyl (C=O) groups excluding carboxylic acids is 1. The van der Waals surface area contributed by atoms with E-state index >= 15 is 0 Å². The smallest absolute Gasteiger partial charge is 0.252 e. The molecule has 2 aromatic rings. The van der Waals surface area contributed by atoms with Crippen molar-refractivity contribution in [1.82, 2.24) is 10.6 Å². The summed E-state index contributed by atoms with van der Waals surface area (Å²) >= 11 is 23.0. The Kier molecular flexibility index (Phi) is 7.32. The van der Waals surface area contributed by atoms with E-state index in [1.54, 1.807) is 36.4 Å². The fourth-order valence-electron chi connectivity index (χ4n) is 1.93. The molecule has 0 heterocycles. The zero-order valence-corrected chi connectivity index (χ0v) is 16.3. The van der Waals surface area contributed by atoms with Gasteiger partial charge in [0.2, 0.25) is 0 Å². The number of alkyl halides is 2. The molecule has 4 nitrogen and oxygen atoms in total. The number of anilines is 1. The molecule has 0 saturated heterocycles. The van der Waals surface area contributed by atoms with Crippen LogP contribution < -0.4 is 16.0 Å². The number of benzene rings is 2. The Hall–Kier alpha value is -1.53. The molecule has 25 heavy (non-hydrogen) atoms. The minimum absolute atomic E-state index is 0.267. The highest BCUT2D eigenvalue weighted by atomic mass is 35.5. The minimum atomic E-state index is -0.903. The molecule has 132 valence electrons. The first-order valence-electron chi connectivity index (χ1n) is 7.34. The third kappa shape index (κ3) is 6.36. The van der Waals surface area contributed by atoms with Gasteiger partial charge in [-0.15, -0.1) is 23.2 Å². The average molecular weight is 417 g/mol. The molecule has 0 fully saturated rings. The van der Waals surface area contributed by atoms with Crippen LogP contribution in [0.3, 0.4) is 0 Å². The van der Waals surface area contributed by atoms with E-state index in [0.717, 1.165) is 11.3 Å². The molecule has 0 saturated carbocycles. The molecule has 0 aliphatic carbocycles. The van der Waals surface area contributed by atoms with Gasteiger partial charge in [-0.2, -0.15) is 0 Å². The lowest BCUT2D eigenvalue weighted by Gasteiger charge is -2.23. The van der Waals surface area contributed by atoms with E-state index in [4.69, 9.17) is 47.0 Å². The second kappa shape index (κ2) is 9.25. The van der Waals surface area contributed by atoms with Crippen LogP contribution in [0.5, 0.6) is 0 Å². The summed E-state index contributed by atoms with van der Waals surface area (Å²) in [4.78, 5) is 11.4. The number of carbonyl (C=O) groups is 1. The molecule has 0 spiro atoms. The molecular formula is C17H16Cl3N3OS. The molecule has 0 unspecified atom stereocenters. The molecule has 0 aromatic heterocycles. The van der Waals surface area contributed by atoms with E-state index in [9.17, 15) is 4.79 Å². The number of hydrogen-bond donors (Lipinski definition) is 3. The van der Waals surface area contributed by atoms with Crippen molar-refractivity contribution in [2.45, 2.75) is 17.9 Å². The predicted octanol–water partition coefficient (Wildman–Crippen LogP) is 4.49. The molecule has 0 bridgehead atoms. The van der Waals surface area contributed by atoms with Gasteiger partial charge < -0.3 is 16.0 Å². The Morgan fingerprint density at radius 2 is 1.60 bits per heavy atom. The Morgan fingerprint density at radius 1 is 1.00 bits per heavy atom.